The fourth-order valence-electron chi connectivity index (χ4n) is 1.55. The molecule has 0 rings (SSSR count). The zero-order valence-electron chi connectivity index (χ0n) is 9.89. The van der Waals surface area contributed by atoms with Gasteiger partial charge in [0.1, 0.15) is 5.60 Å². The van der Waals surface area contributed by atoms with E-state index in [0.717, 1.165) is 0 Å². The first-order chi connectivity index (χ1) is 5.57. The molecule has 0 aliphatic rings. The molecule has 0 aliphatic carbocycles. The van der Waals surface area contributed by atoms with Crippen LogP contribution in [0.15, 0.2) is 0 Å². The minimum absolute atomic E-state index is 0.0845. The van der Waals surface area contributed by atoms with Gasteiger partial charge in [0.15, 0.2) is 5.78 Å². The van der Waals surface area contributed by atoms with E-state index in [1.807, 2.05) is 48.5 Å². The second-order valence-corrected chi connectivity index (χ2v) is 5.26. The fraction of sp³-hybridized carbons (Fsp3) is 0.909. The average Bonchev–Trinajstić information content (AvgIpc) is 1.80. The summed E-state index contributed by atoms with van der Waals surface area (Å²) in [4.78, 5) is 11.9. The third-order valence-corrected chi connectivity index (χ3v) is 1.76. The average molecular weight is 186 g/mol. The molecule has 2 nitrogen and oxygen atoms in total. The van der Waals surface area contributed by atoms with Gasteiger partial charge < -0.3 is 4.74 Å². The quantitative estimate of drug-likeness (QED) is 0.677. The van der Waals surface area contributed by atoms with Crippen LogP contribution in [-0.4, -0.2) is 17.5 Å². The molecule has 78 valence electrons. The third kappa shape index (κ3) is 3.90. The Morgan fingerprint density at radius 2 is 1.46 bits per heavy atom. The van der Waals surface area contributed by atoms with E-state index in [4.69, 9.17) is 4.74 Å². The Morgan fingerprint density at radius 3 is 1.69 bits per heavy atom. The van der Waals surface area contributed by atoms with Crippen LogP contribution in [-0.2, 0) is 9.53 Å². The Balaban J connectivity index is 4.55. The molecule has 0 aromatic carbocycles. The number of carbonyl (C=O) groups excluding carboxylic acids is 1. The normalized spacial score (nSPS) is 13.5. The molecule has 0 bridgehead atoms. The summed E-state index contributed by atoms with van der Waals surface area (Å²) in [7, 11) is 0. The Kier molecular flexibility index (Phi) is 3.68. The van der Waals surface area contributed by atoms with E-state index in [2.05, 4.69) is 0 Å². The molecule has 2 heteroatoms. The third-order valence-electron chi connectivity index (χ3n) is 1.76. The number of rotatable bonds is 3. The molecule has 0 unspecified atom stereocenters. The van der Waals surface area contributed by atoms with Gasteiger partial charge in [-0.1, -0.05) is 20.8 Å². The largest absolute Gasteiger partial charge is 0.365 e. The molecule has 0 aromatic heterocycles. The number of carbonyl (C=O) groups is 1. The van der Waals surface area contributed by atoms with Gasteiger partial charge in [-0.2, -0.15) is 0 Å². The van der Waals surface area contributed by atoms with E-state index in [9.17, 15) is 4.79 Å². The topological polar surface area (TPSA) is 26.3 Å². The van der Waals surface area contributed by atoms with Gasteiger partial charge in [-0.25, -0.2) is 0 Å². The molecule has 0 spiro atoms. The van der Waals surface area contributed by atoms with E-state index in [-0.39, 0.29) is 17.3 Å². The summed E-state index contributed by atoms with van der Waals surface area (Å²) in [6.07, 6.45) is 0.0845. The minimum Gasteiger partial charge on any atom is -0.365 e. The lowest BCUT2D eigenvalue weighted by atomic mass is 9.82. The molecule has 0 aliphatic heterocycles. The molecule has 0 saturated heterocycles. The van der Waals surface area contributed by atoms with Crippen molar-refractivity contribution in [1.29, 1.82) is 0 Å². The summed E-state index contributed by atoms with van der Waals surface area (Å²) in [5, 5.41) is 0. The molecule has 0 radical (unpaired) electrons. The van der Waals surface area contributed by atoms with Gasteiger partial charge in [0.25, 0.3) is 0 Å². The van der Waals surface area contributed by atoms with Crippen LogP contribution in [0.3, 0.4) is 0 Å². The standard InChI is InChI=1S/C11H22O2/c1-8(2)13-11(6,7)9(12)10(3,4)5/h8H,1-7H3. The minimum atomic E-state index is -0.674. The lowest BCUT2D eigenvalue weighted by Gasteiger charge is -2.32. The molecule has 0 amide bonds. The maximum absolute atomic E-state index is 11.9. The predicted octanol–water partition coefficient (Wildman–Crippen LogP) is 2.81. The summed E-state index contributed by atoms with van der Waals surface area (Å²) in [5.74, 6) is 0.147. The highest BCUT2D eigenvalue weighted by Crippen LogP contribution is 2.26. The van der Waals surface area contributed by atoms with Gasteiger partial charge in [-0.05, 0) is 27.7 Å². The summed E-state index contributed by atoms with van der Waals surface area (Å²) < 4.78 is 5.58. The molecule has 0 aromatic rings. The van der Waals surface area contributed by atoms with Crippen LogP contribution in [0.25, 0.3) is 0 Å². The van der Waals surface area contributed by atoms with Gasteiger partial charge in [0, 0.05) is 5.41 Å². The van der Waals surface area contributed by atoms with Crippen molar-refractivity contribution in [3.05, 3.63) is 0 Å². The molecule has 13 heavy (non-hydrogen) atoms. The molecule has 0 saturated carbocycles. The Morgan fingerprint density at radius 1 is 1.08 bits per heavy atom. The lowest BCUT2D eigenvalue weighted by Crippen LogP contribution is -2.44. The van der Waals surface area contributed by atoms with Gasteiger partial charge in [-0.15, -0.1) is 0 Å². The first-order valence-corrected chi connectivity index (χ1v) is 4.80. The molecule has 0 fully saturated rings. The molecular formula is C11H22O2. The van der Waals surface area contributed by atoms with Crippen molar-refractivity contribution in [2.24, 2.45) is 5.41 Å². The van der Waals surface area contributed by atoms with E-state index in [1.165, 1.54) is 0 Å². The van der Waals surface area contributed by atoms with E-state index in [0.29, 0.717) is 0 Å². The predicted molar refractivity (Wildman–Crippen MR) is 54.8 cm³/mol. The smallest absolute Gasteiger partial charge is 0.169 e. The van der Waals surface area contributed by atoms with Crippen LogP contribution in [0.4, 0.5) is 0 Å². The highest BCUT2D eigenvalue weighted by Gasteiger charge is 2.37. The van der Waals surface area contributed by atoms with E-state index in [1.54, 1.807) is 0 Å². The van der Waals surface area contributed by atoms with Gasteiger partial charge >= 0.3 is 0 Å². The van der Waals surface area contributed by atoms with Gasteiger partial charge in [-0.3, -0.25) is 4.79 Å². The van der Waals surface area contributed by atoms with Crippen LogP contribution < -0.4 is 0 Å². The number of Topliss-reactive ketones (excluding diaryl/α,β-unsaturated/α-hetero) is 1. The maximum Gasteiger partial charge on any atom is 0.169 e. The highest BCUT2D eigenvalue weighted by atomic mass is 16.5. The molecule has 0 atom stereocenters. The molecular weight excluding hydrogens is 164 g/mol. The summed E-state index contributed by atoms with van der Waals surface area (Å²) in [6, 6.07) is 0. The van der Waals surface area contributed by atoms with Crippen molar-refractivity contribution >= 4 is 5.78 Å². The van der Waals surface area contributed by atoms with Gasteiger partial charge in [0.05, 0.1) is 6.10 Å². The first kappa shape index (κ1) is 12.6. The maximum atomic E-state index is 11.9. The van der Waals surface area contributed by atoms with Crippen LogP contribution in [0.2, 0.25) is 0 Å². The second kappa shape index (κ2) is 3.79. The Hall–Kier alpha value is -0.370. The number of ketones is 1. The molecule has 0 N–H and O–H groups in total. The van der Waals surface area contributed by atoms with Crippen LogP contribution in [0, 0.1) is 5.41 Å². The van der Waals surface area contributed by atoms with Crippen molar-refractivity contribution in [3.8, 4) is 0 Å². The Bertz CT molecular complexity index is 185. The highest BCUT2D eigenvalue weighted by molar-refractivity contribution is 5.90. The van der Waals surface area contributed by atoms with E-state index < -0.39 is 5.60 Å². The monoisotopic (exact) mass is 186 g/mol. The summed E-state index contributed by atoms with van der Waals surface area (Å²) in [5.41, 5.74) is -1.01. The first-order valence-electron chi connectivity index (χ1n) is 4.80. The van der Waals surface area contributed by atoms with E-state index >= 15 is 0 Å². The van der Waals surface area contributed by atoms with Crippen molar-refractivity contribution in [1.82, 2.24) is 0 Å². The van der Waals surface area contributed by atoms with Crippen molar-refractivity contribution in [3.63, 3.8) is 0 Å². The van der Waals surface area contributed by atoms with Crippen LogP contribution >= 0.6 is 0 Å². The lowest BCUT2D eigenvalue weighted by molar-refractivity contribution is -0.153. The van der Waals surface area contributed by atoms with Crippen molar-refractivity contribution in [2.45, 2.75) is 60.2 Å². The number of ether oxygens (including phenoxy) is 1. The van der Waals surface area contributed by atoms with Crippen molar-refractivity contribution in [2.75, 3.05) is 0 Å². The zero-order valence-corrected chi connectivity index (χ0v) is 9.89. The summed E-state index contributed by atoms with van der Waals surface area (Å²) >= 11 is 0. The summed E-state index contributed by atoms with van der Waals surface area (Å²) in [6.45, 7) is 13.3. The van der Waals surface area contributed by atoms with Crippen molar-refractivity contribution < 1.29 is 9.53 Å². The zero-order chi connectivity index (χ0) is 10.9. The Labute approximate surface area is 81.7 Å². The van der Waals surface area contributed by atoms with Crippen LogP contribution in [0.5, 0.6) is 0 Å². The van der Waals surface area contributed by atoms with Gasteiger partial charge in [0.2, 0.25) is 0 Å². The fourth-order valence-corrected chi connectivity index (χ4v) is 1.55. The SMILES string of the molecule is CC(C)OC(C)(C)C(=O)C(C)(C)C. The second-order valence-electron chi connectivity index (χ2n) is 5.26. The number of hydrogen-bond acceptors (Lipinski definition) is 2. The number of hydrogen-bond donors (Lipinski definition) is 0. The molecule has 0 heterocycles. The van der Waals surface area contributed by atoms with Crippen LogP contribution in [0.1, 0.15) is 48.5 Å².